The molecule has 0 radical (unpaired) electrons. The molecular weight excluding hydrogens is 264 g/mol. The van der Waals surface area contributed by atoms with Gasteiger partial charge in [0.1, 0.15) is 5.01 Å². The zero-order valence-corrected chi connectivity index (χ0v) is 11.9. The Kier molecular flexibility index (Phi) is 5.09. The Labute approximate surface area is 116 Å². The molecule has 2 amide bonds. The number of aliphatic hydroxyl groups excluding tert-OH is 1. The largest absolute Gasteiger partial charge is 0.391 e. The van der Waals surface area contributed by atoms with Crippen LogP contribution in [-0.2, 0) is 6.42 Å². The molecule has 2 rings (SSSR count). The SMILES string of the molecule is CCCc1nnc(NC(=O)NC2CCCCC2O)s1. The van der Waals surface area contributed by atoms with Crippen LogP contribution in [0, 0.1) is 0 Å². The number of aryl methyl sites for hydroxylation is 1. The van der Waals surface area contributed by atoms with Gasteiger partial charge < -0.3 is 10.4 Å². The van der Waals surface area contributed by atoms with Gasteiger partial charge in [0.15, 0.2) is 0 Å². The summed E-state index contributed by atoms with van der Waals surface area (Å²) in [6.07, 6.45) is 5.09. The van der Waals surface area contributed by atoms with E-state index in [2.05, 4.69) is 27.8 Å². The monoisotopic (exact) mass is 284 g/mol. The second kappa shape index (κ2) is 6.81. The number of nitrogens with one attached hydrogen (secondary N) is 2. The van der Waals surface area contributed by atoms with Crippen molar-refractivity contribution in [3.8, 4) is 0 Å². The fraction of sp³-hybridized carbons (Fsp3) is 0.750. The number of aliphatic hydroxyl groups is 1. The molecule has 19 heavy (non-hydrogen) atoms. The summed E-state index contributed by atoms with van der Waals surface area (Å²) < 4.78 is 0. The van der Waals surface area contributed by atoms with Crippen LogP contribution in [0.15, 0.2) is 0 Å². The van der Waals surface area contributed by atoms with Gasteiger partial charge in [-0.1, -0.05) is 31.1 Å². The normalized spacial score (nSPS) is 23.1. The molecule has 3 N–H and O–H groups in total. The third-order valence-electron chi connectivity index (χ3n) is 3.20. The molecule has 6 nitrogen and oxygen atoms in total. The van der Waals surface area contributed by atoms with Crippen LogP contribution >= 0.6 is 11.3 Å². The van der Waals surface area contributed by atoms with Crippen LogP contribution in [0.2, 0.25) is 0 Å². The highest BCUT2D eigenvalue weighted by atomic mass is 32.1. The molecule has 2 unspecified atom stereocenters. The van der Waals surface area contributed by atoms with E-state index in [1.807, 2.05) is 0 Å². The number of rotatable bonds is 4. The minimum absolute atomic E-state index is 0.156. The maximum absolute atomic E-state index is 11.8. The third-order valence-corrected chi connectivity index (χ3v) is 4.10. The lowest BCUT2D eigenvalue weighted by atomic mass is 9.93. The average molecular weight is 284 g/mol. The van der Waals surface area contributed by atoms with Crippen LogP contribution < -0.4 is 10.6 Å². The predicted molar refractivity (Wildman–Crippen MR) is 74.3 cm³/mol. The molecular formula is C12H20N4O2S. The highest BCUT2D eigenvalue weighted by molar-refractivity contribution is 7.15. The van der Waals surface area contributed by atoms with Gasteiger partial charge in [0.25, 0.3) is 0 Å². The smallest absolute Gasteiger partial charge is 0.321 e. The van der Waals surface area contributed by atoms with Crippen LogP contribution in [-0.4, -0.2) is 33.5 Å². The zero-order valence-electron chi connectivity index (χ0n) is 11.1. The lowest BCUT2D eigenvalue weighted by Gasteiger charge is -2.28. The van der Waals surface area contributed by atoms with E-state index in [0.717, 1.165) is 43.5 Å². The van der Waals surface area contributed by atoms with Crippen LogP contribution in [0.25, 0.3) is 0 Å². The van der Waals surface area contributed by atoms with Gasteiger partial charge in [-0.15, -0.1) is 10.2 Å². The first-order valence-electron chi connectivity index (χ1n) is 6.77. The number of hydrogen-bond acceptors (Lipinski definition) is 5. The Bertz CT molecular complexity index is 424. The molecule has 1 aliphatic rings. The summed E-state index contributed by atoms with van der Waals surface area (Å²) in [5.41, 5.74) is 0. The van der Waals surface area contributed by atoms with Crippen LogP contribution in [0.1, 0.15) is 44.0 Å². The third kappa shape index (κ3) is 4.14. The van der Waals surface area contributed by atoms with Crippen molar-refractivity contribution in [1.29, 1.82) is 0 Å². The average Bonchev–Trinajstić information content (AvgIpc) is 2.80. The van der Waals surface area contributed by atoms with Crippen molar-refractivity contribution in [2.75, 3.05) is 5.32 Å². The van der Waals surface area contributed by atoms with Gasteiger partial charge in [-0.3, -0.25) is 5.32 Å². The Hall–Kier alpha value is -1.21. The maximum atomic E-state index is 11.8. The molecule has 1 aromatic heterocycles. The van der Waals surface area contributed by atoms with Gasteiger partial charge in [0, 0.05) is 6.42 Å². The minimum Gasteiger partial charge on any atom is -0.391 e. The van der Waals surface area contributed by atoms with Crippen molar-refractivity contribution in [3.63, 3.8) is 0 Å². The number of urea groups is 1. The Morgan fingerprint density at radius 1 is 1.42 bits per heavy atom. The topological polar surface area (TPSA) is 87.1 Å². The first-order chi connectivity index (χ1) is 9.19. The summed E-state index contributed by atoms with van der Waals surface area (Å²) in [6, 6.07) is -0.470. The highest BCUT2D eigenvalue weighted by Crippen LogP contribution is 2.19. The molecule has 0 aromatic carbocycles. The van der Waals surface area contributed by atoms with Crippen LogP contribution in [0.5, 0.6) is 0 Å². The standard InChI is InChI=1S/C12H20N4O2S/c1-2-5-10-15-16-12(19-10)14-11(18)13-8-6-3-4-7-9(8)17/h8-9,17H,2-7H2,1H3,(H2,13,14,16,18). The molecule has 1 aromatic rings. The summed E-state index contributed by atoms with van der Waals surface area (Å²) in [4.78, 5) is 11.8. The van der Waals surface area contributed by atoms with Crippen molar-refractivity contribution in [1.82, 2.24) is 15.5 Å². The van der Waals surface area contributed by atoms with E-state index in [-0.39, 0.29) is 12.1 Å². The number of carbonyl (C=O) groups is 1. The summed E-state index contributed by atoms with van der Waals surface area (Å²) >= 11 is 1.39. The summed E-state index contributed by atoms with van der Waals surface area (Å²) in [5.74, 6) is 0. The van der Waals surface area contributed by atoms with Gasteiger partial charge in [-0.2, -0.15) is 0 Å². The van der Waals surface area contributed by atoms with E-state index >= 15 is 0 Å². The van der Waals surface area contributed by atoms with Crippen molar-refractivity contribution in [2.45, 2.75) is 57.6 Å². The van der Waals surface area contributed by atoms with E-state index < -0.39 is 6.10 Å². The van der Waals surface area contributed by atoms with Crippen molar-refractivity contribution < 1.29 is 9.90 Å². The van der Waals surface area contributed by atoms with E-state index in [9.17, 15) is 9.90 Å². The summed E-state index contributed by atoms with van der Waals surface area (Å²) in [5, 5.41) is 24.6. The molecule has 0 spiro atoms. The van der Waals surface area contributed by atoms with Crippen molar-refractivity contribution in [3.05, 3.63) is 5.01 Å². The minimum atomic E-state index is -0.440. The van der Waals surface area contributed by atoms with Crippen LogP contribution in [0.3, 0.4) is 0 Å². The number of anilines is 1. The Morgan fingerprint density at radius 2 is 2.21 bits per heavy atom. The van der Waals surface area contributed by atoms with E-state index in [4.69, 9.17) is 0 Å². The van der Waals surface area contributed by atoms with E-state index in [1.54, 1.807) is 0 Å². The van der Waals surface area contributed by atoms with E-state index in [1.165, 1.54) is 11.3 Å². The molecule has 1 aliphatic carbocycles. The fourth-order valence-electron chi connectivity index (χ4n) is 2.20. The predicted octanol–water partition coefficient (Wildman–Crippen LogP) is 1.92. The van der Waals surface area contributed by atoms with Gasteiger partial charge in [-0.25, -0.2) is 4.79 Å². The van der Waals surface area contributed by atoms with Gasteiger partial charge in [0.05, 0.1) is 12.1 Å². The molecule has 2 atom stereocenters. The Balaban J connectivity index is 1.82. The number of hydrogen-bond donors (Lipinski definition) is 3. The molecule has 1 heterocycles. The second-order valence-electron chi connectivity index (χ2n) is 4.81. The molecule has 1 saturated carbocycles. The van der Waals surface area contributed by atoms with E-state index in [0.29, 0.717) is 5.13 Å². The molecule has 1 fully saturated rings. The highest BCUT2D eigenvalue weighted by Gasteiger charge is 2.24. The summed E-state index contributed by atoms with van der Waals surface area (Å²) in [7, 11) is 0. The van der Waals surface area contributed by atoms with Crippen LogP contribution in [0.4, 0.5) is 9.93 Å². The fourth-order valence-corrected chi connectivity index (χ4v) is 3.04. The lowest BCUT2D eigenvalue weighted by molar-refractivity contribution is 0.0955. The van der Waals surface area contributed by atoms with Crippen molar-refractivity contribution in [2.24, 2.45) is 0 Å². The van der Waals surface area contributed by atoms with Gasteiger partial charge >= 0.3 is 6.03 Å². The number of carbonyl (C=O) groups excluding carboxylic acids is 1. The van der Waals surface area contributed by atoms with Crippen molar-refractivity contribution >= 4 is 22.5 Å². The first-order valence-corrected chi connectivity index (χ1v) is 7.58. The zero-order chi connectivity index (χ0) is 13.7. The van der Waals surface area contributed by atoms with Gasteiger partial charge in [-0.05, 0) is 19.3 Å². The molecule has 7 heteroatoms. The Morgan fingerprint density at radius 3 is 2.95 bits per heavy atom. The second-order valence-corrected chi connectivity index (χ2v) is 5.87. The number of aromatic nitrogens is 2. The first kappa shape index (κ1) is 14.2. The molecule has 0 aliphatic heterocycles. The molecule has 0 bridgehead atoms. The number of amides is 2. The quantitative estimate of drug-likeness (QED) is 0.788. The lowest BCUT2D eigenvalue weighted by Crippen LogP contribution is -2.46. The van der Waals surface area contributed by atoms with Gasteiger partial charge in [0.2, 0.25) is 5.13 Å². The maximum Gasteiger partial charge on any atom is 0.321 e. The number of nitrogens with zero attached hydrogens (tertiary/aromatic N) is 2. The molecule has 0 saturated heterocycles. The summed E-state index contributed by atoms with van der Waals surface area (Å²) in [6.45, 7) is 2.08. The molecule has 106 valence electrons.